The molecule has 3 rings (SSSR count). The minimum atomic E-state index is 0. The summed E-state index contributed by atoms with van der Waals surface area (Å²) in [6, 6.07) is 17.8. The standard InChI is InChI=1S/C19H21N3O.ClH/c1-21(2)12-13-22-18-11-7-6-10-16(18)20-17(14-19(22)23)15-8-4-3-5-9-15;/h3-11H,12-14H2,1-2H3;1H. The molecule has 4 nitrogen and oxygen atoms in total. The van der Waals surface area contributed by atoms with Crippen molar-refractivity contribution < 1.29 is 4.79 Å². The second kappa shape index (κ2) is 8.08. The number of fused-ring (bicyclic) bond motifs is 1. The van der Waals surface area contributed by atoms with Crippen LogP contribution in [0.1, 0.15) is 12.0 Å². The molecule has 0 N–H and O–H groups in total. The average Bonchev–Trinajstić information content (AvgIpc) is 2.70. The van der Waals surface area contributed by atoms with Gasteiger partial charge in [-0.1, -0.05) is 42.5 Å². The van der Waals surface area contributed by atoms with Crippen LogP contribution in [-0.4, -0.2) is 43.7 Å². The fourth-order valence-corrected chi connectivity index (χ4v) is 2.69. The molecule has 0 spiro atoms. The summed E-state index contributed by atoms with van der Waals surface area (Å²) < 4.78 is 0. The van der Waals surface area contributed by atoms with Gasteiger partial charge in [0.2, 0.25) is 5.91 Å². The zero-order valence-electron chi connectivity index (χ0n) is 14.0. The number of aliphatic imine (C=N–C) groups is 1. The number of amides is 1. The minimum Gasteiger partial charge on any atom is -0.309 e. The van der Waals surface area contributed by atoms with Crippen LogP contribution in [0.2, 0.25) is 0 Å². The first-order valence-corrected chi connectivity index (χ1v) is 7.82. The van der Waals surface area contributed by atoms with Crippen LogP contribution in [-0.2, 0) is 4.79 Å². The van der Waals surface area contributed by atoms with Gasteiger partial charge in [0, 0.05) is 13.1 Å². The molecule has 0 radical (unpaired) electrons. The minimum absolute atomic E-state index is 0. The van der Waals surface area contributed by atoms with Crippen LogP contribution in [0.25, 0.3) is 0 Å². The molecular weight excluding hydrogens is 322 g/mol. The molecule has 0 unspecified atom stereocenters. The Labute approximate surface area is 149 Å². The first-order chi connectivity index (χ1) is 11.1. The summed E-state index contributed by atoms with van der Waals surface area (Å²) >= 11 is 0. The molecule has 2 aromatic rings. The molecule has 0 aliphatic carbocycles. The van der Waals surface area contributed by atoms with Gasteiger partial charge in [0.05, 0.1) is 23.5 Å². The van der Waals surface area contributed by atoms with Crippen LogP contribution >= 0.6 is 12.4 Å². The molecule has 2 aromatic carbocycles. The Morgan fingerprint density at radius 1 is 1.04 bits per heavy atom. The maximum atomic E-state index is 12.8. The van der Waals surface area contributed by atoms with E-state index in [0.29, 0.717) is 13.0 Å². The second-order valence-electron chi connectivity index (χ2n) is 5.94. The van der Waals surface area contributed by atoms with Crippen LogP contribution in [0.3, 0.4) is 0 Å². The summed E-state index contributed by atoms with van der Waals surface area (Å²) in [5.41, 5.74) is 3.58. The Hall–Kier alpha value is -2.17. The van der Waals surface area contributed by atoms with Gasteiger partial charge < -0.3 is 9.80 Å². The third kappa shape index (κ3) is 4.02. The smallest absolute Gasteiger partial charge is 0.233 e. The van der Waals surface area contributed by atoms with E-state index >= 15 is 0 Å². The number of hydrogen-bond acceptors (Lipinski definition) is 3. The van der Waals surface area contributed by atoms with Gasteiger partial charge in [-0.25, -0.2) is 0 Å². The number of rotatable bonds is 4. The van der Waals surface area contributed by atoms with E-state index < -0.39 is 0 Å². The number of anilines is 1. The SMILES string of the molecule is CN(C)CCN1C(=O)CC(c2ccccc2)=Nc2ccccc21.Cl. The molecule has 1 amide bonds. The number of benzene rings is 2. The second-order valence-corrected chi connectivity index (χ2v) is 5.94. The Kier molecular flexibility index (Phi) is 6.12. The van der Waals surface area contributed by atoms with Crippen molar-refractivity contribution >= 4 is 35.4 Å². The van der Waals surface area contributed by atoms with E-state index in [0.717, 1.165) is 29.2 Å². The highest BCUT2D eigenvalue weighted by Gasteiger charge is 2.24. The number of para-hydroxylation sites is 2. The van der Waals surface area contributed by atoms with Gasteiger partial charge in [0.1, 0.15) is 0 Å². The van der Waals surface area contributed by atoms with Gasteiger partial charge in [-0.05, 0) is 31.8 Å². The number of likely N-dealkylation sites (N-methyl/N-ethyl adjacent to an activating group) is 1. The first kappa shape index (κ1) is 18.2. The predicted molar refractivity (Wildman–Crippen MR) is 102 cm³/mol. The normalized spacial score (nSPS) is 13.9. The summed E-state index contributed by atoms with van der Waals surface area (Å²) in [5.74, 6) is 0.0967. The van der Waals surface area contributed by atoms with E-state index in [-0.39, 0.29) is 18.3 Å². The van der Waals surface area contributed by atoms with Gasteiger partial charge in [-0.15, -0.1) is 12.4 Å². The fourth-order valence-electron chi connectivity index (χ4n) is 2.69. The van der Waals surface area contributed by atoms with E-state index in [1.54, 1.807) is 0 Å². The van der Waals surface area contributed by atoms with Crippen LogP contribution in [0.4, 0.5) is 11.4 Å². The van der Waals surface area contributed by atoms with E-state index in [4.69, 9.17) is 4.99 Å². The maximum absolute atomic E-state index is 12.8. The lowest BCUT2D eigenvalue weighted by Crippen LogP contribution is -2.37. The van der Waals surface area contributed by atoms with Gasteiger partial charge in [0.15, 0.2) is 0 Å². The van der Waals surface area contributed by atoms with Crippen molar-refractivity contribution in [1.29, 1.82) is 0 Å². The average molecular weight is 344 g/mol. The monoisotopic (exact) mass is 343 g/mol. The van der Waals surface area contributed by atoms with Gasteiger partial charge in [-0.3, -0.25) is 9.79 Å². The number of halogens is 1. The number of nitrogens with zero attached hydrogens (tertiary/aromatic N) is 3. The predicted octanol–water partition coefficient (Wildman–Crippen LogP) is 3.53. The number of carbonyl (C=O) groups excluding carboxylic acids is 1. The molecule has 24 heavy (non-hydrogen) atoms. The van der Waals surface area contributed by atoms with Crippen molar-refractivity contribution in [2.45, 2.75) is 6.42 Å². The molecule has 0 saturated carbocycles. The number of carbonyl (C=O) groups is 1. The molecular formula is C19H22ClN3O. The highest BCUT2D eigenvalue weighted by Crippen LogP contribution is 2.32. The fraction of sp³-hybridized carbons (Fsp3) is 0.263. The maximum Gasteiger partial charge on any atom is 0.233 e. The summed E-state index contributed by atoms with van der Waals surface area (Å²) in [4.78, 5) is 21.5. The lowest BCUT2D eigenvalue weighted by atomic mass is 10.1. The topological polar surface area (TPSA) is 35.9 Å². The van der Waals surface area contributed by atoms with Crippen molar-refractivity contribution in [1.82, 2.24) is 4.90 Å². The van der Waals surface area contributed by atoms with Crippen molar-refractivity contribution in [2.75, 3.05) is 32.1 Å². The Morgan fingerprint density at radius 2 is 1.71 bits per heavy atom. The van der Waals surface area contributed by atoms with E-state index in [2.05, 4.69) is 4.90 Å². The summed E-state index contributed by atoms with van der Waals surface area (Å²) in [6.07, 6.45) is 0.326. The molecule has 1 aliphatic heterocycles. The lowest BCUT2D eigenvalue weighted by molar-refractivity contribution is -0.117. The number of hydrogen-bond donors (Lipinski definition) is 0. The first-order valence-electron chi connectivity index (χ1n) is 7.82. The highest BCUT2D eigenvalue weighted by molar-refractivity contribution is 6.17. The Morgan fingerprint density at radius 3 is 2.42 bits per heavy atom. The molecule has 1 heterocycles. The van der Waals surface area contributed by atoms with Crippen LogP contribution in [0.15, 0.2) is 59.6 Å². The molecule has 5 heteroatoms. The molecule has 1 aliphatic rings. The lowest BCUT2D eigenvalue weighted by Gasteiger charge is -2.24. The van der Waals surface area contributed by atoms with Gasteiger partial charge in [-0.2, -0.15) is 0 Å². The molecule has 0 fully saturated rings. The van der Waals surface area contributed by atoms with Crippen molar-refractivity contribution in [3.8, 4) is 0 Å². The Bertz CT molecular complexity index is 728. The third-order valence-corrected chi connectivity index (χ3v) is 3.93. The highest BCUT2D eigenvalue weighted by atomic mass is 35.5. The van der Waals surface area contributed by atoms with Crippen LogP contribution < -0.4 is 4.90 Å². The van der Waals surface area contributed by atoms with E-state index in [1.165, 1.54) is 0 Å². The van der Waals surface area contributed by atoms with Crippen molar-refractivity contribution in [3.63, 3.8) is 0 Å². The zero-order valence-corrected chi connectivity index (χ0v) is 14.8. The zero-order chi connectivity index (χ0) is 16.2. The molecule has 0 aromatic heterocycles. The van der Waals surface area contributed by atoms with Gasteiger partial charge >= 0.3 is 0 Å². The summed E-state index contributed by atoms with van der Waals surface area (Å²) in [6.45, 7) is 1.49. The van der Waals surface area contributed by atoms with E-state index in [9.17, 15) is 4.79 Å². The molecule has 0 saturated heterocycles. The van der Waals surface area contributed by atoms with Crippen LogP contribution in [0, 0.1) is 0 Å². The van der Waals surface area contributed by atoms with Gasteiger partial charge in [0.25, 0.3) is 0 Å². The van der Waals surface area contributed by atoms with Crippen molar-refractivity contribution in [3.05, 3.63) is 60.2 Å². The summed E-state index contributed by atoms with van der Waals surface area (Å²) in [5, 5.41) is 0. The van der Waals surface area contributed by atoms with E-state index in [1.807, 2.05) is 73.6 Å². The molecule has 126 valence electrons. The quantitative estimate of drug-likeness (QED) is 0.851. The largest absolute Gasteiger partial charge is 0.309 e. The van der Waals surface area contributed by atoms with Crippen molar-refractivity contribution in [2.24, 2.45) is 4.99 Å². The molecule has 0 bridgehead atoms. The summed E-state index contributed by atoms with van der Waals surface area (Å²) in [7, 11) is 4.03. The molecule has 0 atom stereocenters. The Balaban J connectivity index is 0.00000208. The van der Waals surface area contributed by atoms with Crippen LogP contribution in [0.5, 0.6) is 0 Å². The third-order valence-electron chi connectivity index (χ3n) is 3.93.